The molecule has 6 nitrogen and oxygen atoms in total. The van der Waals surface area contributed by atoms with Crippen molar-refractivity contribution >= 4 is 17.7 Å². The number of carbonyl (C=O) groups is 1. The van der Waals surface area contributed by atoms with Crippen molar-refractivity contribution in [2.75, 3.05) is 12.3 Å². The molecule has 0 bridgehead atoms. The summed E-state index contributed by atoms with van der Waals surface area (Å²) in [6.07, 6.45) is 3.40. The molecular weight excluding hydrogens is 322 g/mol. The van der Waals surface area contributed by atoms with Gasteiger partial charge in [-0.2, -0.15) is 4.68 Å². The highest BCUT2D eigenvalue weighted by Gasteiger charge is 2.23. The second-order valence-electron chi connectivity index (χ2n) is 6.38. The van der Waals surface area contributed by atoms with Crippen molar-refractivity contribution in [2.45, 2.75) is 51.2 Å². The van der Waals surface area contributed by atoms with E-state index in [1.807, 2.05) is 24.0 Å². The number of aryl methyl sites for hydroxylation is 2. The van der Waals surface area contributed by atoms with Crippen LogP contribution in [0, 0.1) is 13.8 Å². The summed E-state index contributed by atoms with van der Waals surface area (Å²) in [7, 11) is 0. The van der Waals surface area contributed by atoms with Crippen molar-refractivity contribution in [2.24, 2.45) is 0 Å². The minimum atomic E-state index is 0.169. The molecule has 1 atom stereocenters. The SMILES string of the molecule is Cc1ccc(-n2nnnc2SCC(=O)N2CCCCC2C)c(C)c1. The van der Waals surface area contributed by atoms with Crippen LogP contribution in [0.3, 0.4) is 0 Å². The molecule has 1 fully saturated rings. The maximum Gasteiger partial charge on any atom is 0.233 e. The fourth-order valence-electron chi connectivity index (χ4n) is 3.14. The highest BCUT2D eigenvalue weighted by Crippen LogP contribution is 2.23. The summed E-state index contributed by atoms with van der Waals surface area (Å²) in [6.45, 7) is 7.09. The largest absolute Gasteiger partial charge is 0.339 e. The van der Waals surface area contributed by atoms with Gasteiger partial charge in [-0.05, 0) is 62.1 Å². The molecular formula is C17H23N5OS. The molecule has 1 aliphatic heterocycles. The van der Waals surface area contributed by atoms with Crippen molar-refractivity contribution in [1.82, 2.24) is 25.1 Å². The van der Waals surface area contributed by atoms with Crippen LogP contribution in [0.25, 0.3) is 5.69 Å². The van der Waals surface area contributed by atoms with Gasteiger partial charge in [-0.1, -0.05) is 29.5 Å². The van der Waals surface area contributed by atoms with Crippen molar-refractivity contribution in [3.8, 4) is 5.69 Å². The van der Waals surface area contributed by atoms with E-state index >= 15 is 0 Å². The number of thioether (sulfide) groups is 1. The Hall–Kier alpha value is -1.89. The van der Waals surface area contributed by atoms with Gasteiger partial charge in [0.05, 0.1) is 11.4 Å². The minimum Gasteiger partial charge on any atom is -0.339 e. The Morgan fingerprint density at radius 3 is 2.92 bits per heavy atom. The molecule has 7 heteroatoms. The van der Waals surface area contributed by atoms with Gasteiger partial charge < -0.3 is 4.90 Å². The van der Waals surface area contributed by atoms with Crippen molar-refractivity contribution in [3.63, 3.8) is 0 Å². The highest BCUT2D eigenvalue weighted by atomic mass is 32.2. The molecule has 1 aromatic heterocycles. The number of tetrazole rings is 1. The van der Waals surface area contributed by atoms with E-state index < -0.39 is 0 Å². The quantitative estimate of drug-likeness (QED) is 0.797. The Kier molecular flexibility index (Phi) is 5.18. The number of likely N-dealkylation sites (tertiary alicyclic amines) is 1. The molecule has 128 valence electrons. The number of hydrogen-bond acceptors (Lipinski definition) is 5. The lowest BCUT2D eigenvalue weighted by molar-refractivity contribution is -0.131. The molecule has 2 heterocycles. The monoisotopic (exact) mass is 345 g/mol. The van der Waals surface area contributed by atoms with Gasteiger partial charge in [0.1, 0.15) is 0 Å². The first-order valence-electron chi connectivity index (χ1n) is 8.34. The smallest absolute Gasteiger partial charge is 0.233 e. The summed E-state index contributed by atoms with van der Waals surface area (Å²) in [5, 5.41) is 12.6. The summed E-state index contributed by atoms with van der Waals surface area (Å²) in [4.78, 5) is 14.5. The van der Waals surface area contributed by atoms with Crippen molar-refractivity contribution in [3.05, 3.63) is 29.3 Å². The lowest BCUT2D eigenvalue weighted by Crippen LogP contribution is -2.43. The standard InChI is InChI=1S/C17H23N5OS/c1-12-7-8-15(13(2)10-12)22-17(18-19-20-22)24-11-16(23)21-9-5-4-6-14(21)3/h7-8,10,14H,4-6,9,11H2,1-3H3. The third kappa shape index (κ3) is 3.61. The van der Waals surface area contributed by atoms with Gasteiger partial charge in [-0.25, -0.2) is 0 Å². The number of aromatic nitrogens is 4. The lowest BCUT2D eigenvalue weighted by Gasteiger charge is -2.33. The average Bonchev–Trinajstić information content (AvgIpc) is 3.01. The van der Waals surface area contributed by atoms with Crippen LogP contribution in [-0.4, -0.2) is 49.4 Å². The van der Waals surface area contributed by atoms with E-state index in [-0.39, 0.29) is 5.91 Å². The maximum absolute atomic E-state index is 12.5. The number of nitrogens with zero attached hydrogens (tertiary/aromatic N) is 5. The van der Waals surface area contributed by atoms with Gasteiger partial charge in [0.15, 0.2) is 0 Å². The molecule has 3 rings (SSSR count). The number of hydrogen-bond donors (Lipinski definition) is 0. The molecule has 1 amide bonds. The Balaban J connectivity index is 1.71. The maximum atomic E-state index is 12.5. The van der Waals surface area contributed by atoms with E-state index in [1.54, 1.807) is 4.68 Å². The summed E-state index contributed by atoms with van der Waals surface area (Å²) in [5.41, 5.74) is 3.26. The Morgan fingerprint density at radius 2 is 2.17 bits per heavy atom. The van der Waals surface area contributed by atoms with Crippen molar-refractivity contribution in [1.29, 1.82) is 0 Å². The van der Waals surface area contributed by atoms with Gasteiger partial charge >= 0.3 is 0 Å². The van der Waals surface area contributed by atoms with Gasteiger partial charge in [-0.15, -0.1) is 5.10 Å². The van der Waals surface area contributed by atoms with Crippen LogP contribution in [0.2, 0.25) is 0 Å². The molecule has 0 N–H and O–H groups in total. The van der Waals surface area contributed by atoms with Gasteiger partial charge in [-0.3, -0.25) is 4.79 Å². The molecule has 1 aromatic carbocycles. The van der Waals surface area contributed by atoms with Crippen LogP contribution in [-0.2, 0) is 4.79 Å². The first-order chi connectivity index (χ1) is 11.6. The first-order valence-corrected chi connectivity index (χ1v) is 9.33. The van der Waals surface area contributed by atoms with E-state index in [9.17, 15) is 4.79 Å². The third-order valence-corrected chi connectivity index (χ3v) is 5.37. The Morgan fingerprint density at radius 1 is 1.33 bits per heavy atom. The molecule has 0 radical (unpaired) electrons. The minimum absolute atomic E-state index is 0.169. The zero-order valence-electron chi connectivity index (χ0n) is 14.4. The van der Waals surface area contributed by atoms with Crippen molar-refractivity contribution < 1.29 is 4.79 Å². The number of rotatable bonds is 4. The molecule has 1 saturated heterocycles. The Bertz CT molecular complexity index is 730. The zero-order valence-corrected chi connectivity index (χ0v) is 15.2. The van der Waals surface area contributed by atoms with Gasteiger partial charge in [0.25, 0.3) is 0 Å². The first kappa shape index (κ1) is 17.0. The van der Waals surface area contributed by atoms with Crippen LogP contribution in [0.4, 0.5) is 0 Å². The number of amides is 1. The fourth-order valence-corrected chi connectivity index (χ4v) is 3.91. The van der Waals surface area contributed by atoms with Crippen LogP contribution in [0.15, 0.2) is 23.4 Å². The lowest BCUT2D eigenvalue weighted by atomic mass is 10.0. The third-order valence-electron chi connectivity index (χ3n) is 4.47. The number of piperidine rings is 1. The Labute approximate surface area is 146 Å². The van der Waals surface area contributed by atoms with E-state index in [4.69, 9.17) is 0 Å². The molecule has 24 heavy (non-hydrogen) atoms. The van der Waals surface area contributed by atoms with Crippen LogP contribution in [0.5, 0.6) is 0 Å². The summed E-state index contributed by atoms with van der Waals surface area (Å²) in [5.74, 6) is 0.540. The fraction of sp³-hybridized carbons (Fsp3) is 0.529. The second-order valence-corrected chi connectivity index (χ2v) is 7.33. The van der Waals surface area contributed by atoms with Crippen LogP contribution in [0.1, 0.15) is 37.3 Å². The average molecular weight is 345 g/mol. The molecule has 2 aromatic rings. The van der Waals surface area contributed by atoms with Gasteiger partial charge in [0, 0.05) is 12.6 Å². The highest BCUT2D eigenvalue weighted by molar-refractivity contribution is 7.99. The van der Waals surface area contributed by atoms with E-state index in [0.717, 1.165) is 30.6 Å². The van der Waals surface area contributed by atoms with E-state index in [0.29, 0.717) is 17.0 Å². The predicted molar refractivity (Wildman–Crippen MR) is 94.4 cm³/mol. The molecule has 0 aliphatic carbocycles. The molecule has 0 spiro atoms. The topological polar surface area (TPSA) is 63.9 Å². The summed E-state index contributed by atoms with van der Waals surface area (Å²) >= 11 is 1.40. The molecule has 1 unspecified atom stereocenters. The molecule has 0 saturated carbocycles. The normalized spacial score (nSPS) is 18.0. The summed E-state index contributed by atoms with van der Waals surface area (Å²) in [6, 6.07) is 6.49. The number of benzene rings is 1. The van der Waals surface area contributed by atoms with Gasteiger partial charge in [0.2, 0.25) is 11.1 Å². The summed E-state index contributed by atoms with van der Waals surface area (Å²) < 4.78 is 1.71. The van der Waals surface area contributed by atoms with Crippen LogP contribution >= 0.6 is 11.8 Å². The predicted octanol–water partition coefficient (Wildman–Crippen LogP) is 2.77. The van der Waals surface area contributed by atoms with Crippen LogP contribution < -0.4 is 0 Å². The second kappa shape index (κ2) is 7.34. The zero-order chi connectivity index (χ0) is 17.1. The number of carbonyl (C=O) groups excluding carboxylic acids is 1. The van der Waals surface area contributed by atoms with E-state index in [2.05, 4.69) is 35.4 Å². The van der Waals surface area contributed by atoms with E-state index in [1.165, 1.54) is 23.7 Å². The molecule has 1 aliphatic rings.